The molecule has 26 heavy (non-hydrogen) atoms. The van der Waals surface area contributed by atoms with Gasteiger partial charge >= 0.3 is 0 Å². The highest BCUT2D eigenvalue weighted by Crippen LogP contribution is 2.47. The summed E-state index contributed by atoms with van der Waals surface area (Å²) < 4.78 is 3.77. The van der Waals surface area contributed by atoms with E-state index in [0.29, 0.717) is 19.8 Å². The summed E-state index contributed by atoms with van der Waals surface area (Å²) in [7, 11) is 0. The topological polar surface area (TPSA) is 74.8 Å². The number of anilines is 1. The Labute approximate surface area is 196 Å². The van der Waals surface area contributed by atoms with Gasteiger partial charge < -0.3 is 10.3 Å². The predicted molar refractivity (Wildman–Crippen MR) is 123 cm³/mol. The van der Waals surface area contributed by atoms with Crippen molar-refractivity contribution in [3.8, 4) is 0 Å². The maximum Gasteiger partial charge on any atom is 0.251 e. The van der Waals surface area contributed by atoms with Crippen molar-refractivity contribution in [2.24, 2.45) is 0 Å². The lowest BCUT2D eigenvalue weighted by molar-refractivity contribution is -0.113. The van der Waals surface area contributed by atoms with Crippen LogP contribution in [0.4, 0.5) is 5.69 Å². The summed E-state index contributed by atoms with van der Waals surface area (Å²) in [6, 6.07) is 1.48. The molecule has 2 rings (SSSR count). The molecule has 0 unspecified atom stereocenters. The van der Waals surface area contributed by atoms with Crippen LogP contribution in [0.2, 0.25) is 0 Å². The zero-order valence-corrected chi connectivity index (χ0v) is 22.0. The first kappa shape index (κ1) is 22.6. The van der Waals surface area contributed by atoms with Crippen LogP contribution >= 0.6 is 91.4 Å². The second kappa shape index (κ2) is 10.2. The number of thioether (sulfide) groups is 1. The van der Waals surface area contributed by atoms with Gasteiger partial charge in [0.25, 0.3) is 5.56 Å². The summed E-state index contributed by atoms with van der Waals surface area (Å²) in [5, 5.41) is 3.30. The van der Waals surface area contributed by atoms with Crippen molar-refractivity contribution in [3.63, 3.8) is 0 Å². The third-order valence-electron chi connectivity index (χ3n) is 3.09. The predicted octanol–water partition coefficient (Wildman–Crippen LogP) is 6.27. The van der Waals surface area contributed by atoms with Crippen molar-refractivity contribution in [3.05, 3.63) is 44.5 Å². The van der Waals surface area contributed by atoms with Crippen LogP contribution in [-0.2, 0) is 11.2 Å². The lowest BCUT2D eigenvalue weighted by Gasteiger charge is -2.14. The molecule has 1 aromatic carbocycles. The summed E-state index contributed by atoms with van der Waals surface area (Å²) in [6.45, 7) is 2.02. The average Bonchev–Trinajstić information content (AvgIpc) is 2.60. The number of aryl methyl sites for hydroxylation is 1. The number of benzene rings is 1. The molecule has 2 N–H and O–H groups in total. The molecule has 0 radical (unpaired) electrons. The van der Waals surface area contributed by atoms with Gasteiger partial charge in [-0.1, -0.05) is 25.1 Å². The number of aromatic nitrogens is 2. The summed E-state index contributed by atoms with van der Waals surface area (Å²) in [5.41, 5.74) is 1.11. The molecule has 0 aliphatic heterocycles. The second-order valence-corrected chi connectivity index (χ2v) is 10.0. The number of halogens is 5. The van der Waals surface area contributed by atoms with Crippen LogP contribution in [0.25, 0.3) is 0 Å². The van der Waals surface area contributed by atoms with Gasteiger partial charge in [-0.25, -0.2) is 4.98 Å². The Balaban J connectivity index is 2.12. The third-order valence-corrected chi connectivity index (χ3v) is 10.1. The minimum atomic E-state index is -0.221. The number of amides is 1. The maximum absolute atomic E-state index is 12.4. The summed E-state index contributed by atoms with van der Waals surface area (Å²) in [6.07, 6.45) is 1.63. The molecule has 0 saturated heterocycles. The molecule has 2 aromatic rings. The normalized spacial score (nSPS) is 10.8. The SMILES string of the molecule is CCCc1cc(=O)[nH]c(SCC(=O)Nc2c(Br)c(Br)c(Br)c(Br)c2Br)n1. The molecule has 140 valence electrons. The summed E-state index contributed by atoms with van der Waals surface area (Å²) in [4.78, 5) is 31.1. The first-order chi connectivity index (χ1) is 12.2. The van der Waals surface area contributed by atoms with Gasteiger partial charge in [0, 0.05) is 25.2 Å². The van der Waals surface area contributed by atoms with Gasteiger partial charge in [-0.2, -0.15) is 0 Å². The Morgan fingerprint density at radius 2 is 1.69 bits per heavy atom. The molecule has 0 bridgehead atoms. The fraction of sp³-hybridized carbons (Fsp3) is 0.267. The third kappa shape index (κ3) is 5.66. The van der Waals surface area contributed by atoms with Crippen LogP contribution in [-0.4, -0.2) is 21.6 Å². The lowest BCUT2D eigenvalue weighted by Crippen LogP contribution is -2.16. The van der Waals surface area contributed by atoms with Crippen LogP contribution in [0.1, 0.15) is 19.0 Å². The van der Waals surface area contributed by atoms with Crippen LogP contribution in [0.5, 0.6) is 0 Å². The van der Waals surface area contributed by atoms with Crippen molar-refractivity contribution < 1.29 is 4.79 Å². The first-order valence-corrected chi connectivity index (χ1v) is 12.2. The van der Waals surface area contributed by atoms with Crippen molar-refractivity contribution in [2.75, 3.05) is 11.1 Å². The van der Waals surface area contributed by atoms with E-state index in [0.717, 1.165) is 32.0 Å². The molecular weight excluding hydrogens is 686 g/mol. The van der Waals surface area contributed by atoms with Crippen molar-refractivity contribution in [1.82, 2.24) is 9.97 Å². The Kier molecular flexibility index (Phi) is 8.87. The Hall–Kier alpha value is 0.320. The van der Waals surface area contributed by atoms with Crippen molar-refractivity contribution in [2.45, 2.75) is 24.9 Å². The molecule has 1 heterocycles. The van der Waals surface area contributed by atoms with E-state index >= 15 is 0 Å². The molecule has 0 aliphatic carbocycles. The highest BCUT2D eigenvalue weighted by Gasteiger charge is 2.19. The Morgan fingerprint density at radius 1 is 1.12 bits per heavy atom. The van der Waals surface area contributed by atoms with Crippen LogP contribution in [0, 0.1) is 0 Å². The van der Waals surface area contributed by atoms with E-state index in [-0.39, 0.29) is 17.2 Å². The van der Waals surface area contributed by atoms with Crippen LogP contribution in [0.3, 0.4) is 0 Å². The lowest BCUT2D eigenvalue weighted by atomic mass is 10.2. The maximum atomic E-state index is 12.4. The molecular formula is C15H12Br5N3O2S. The largest absolute Gasteiger partial charge is 0.323 e. The van der Waals surface area contributed by atoms with E-state index in [1.807, 2.05) is 6.92 Å². The highest BCUT2D eigenvalue weighted by atomic mass is 79.9. The van der Waals surface area contributed by atoms with Gasteiger partial charge in [0.15, 0.2) is 5.16 Å². The molecule has 1 aromatic heterocycles. The van der Waals surface area contributed by atoms with Gasteiger partial charge in [-0.15, -0.1) is 0 Å². The van der Waals surface area contributed by atoms with Gasteiger partial charge in [0.1, 0.15) is 0 Å². The van der Waals surface area contributed by atoms with E-state index in [4.69, 9.17) is 0 Å². The minimum absolute atomic E-state index is 0.114. The fourth-order valence-corrected chi connectivity index (χ4v) is 5.90. The fourth-order valence-electron chi connectivity index (χ4n) is 1.96. The van der Waals surface area contributed by atoms with Crippen LogP contribution in [0.15, 0.2) is 38.4 Å². The number of aromatic amines is 1. The molecule has 11 heteroatoms. The van der Waals surface area contributed by atoms with E-state index < -0.39 is 0 Å². The number of nitrogens with one attached hydrogen (secondary N) is 2. The van der Waals surface area contributed by atoms with Crippen molar-refractivity contribution >= 4 is 103 Å². The quantitative estimate of drug-likeness (QED) is 0.162. The van der Waals surface area contributed by atoms with E-state index in [9.17, 15) is 9.59 Å². The summed E-state index contributed by atoms with van der Waals surface area (Å²) in [5.74, 6) is -0.107. The highest BCUT2D eigenvalue weighted by molar-refractivity contribution is 9.15. The number of carbonyl (C=O) groups excluding carboxylic acids is 1. The number of hydrogen-bond acceptors (Lipinski definition) is 4. The number of nitrogens with zero attached hydrogens (tertiary/aromatic N) is 1. The first-order valence-electron chi connectivity index (χ1n) is 7.28. The monoisotopic (exact) mass is 693 g/mol. The molecule has 0 fully saturated rings. The van der Waals surface area contributed by atoms with Crippen LogP contribution < -0.4 is 10.9 Å². The molecule has 0 atom stereocenters. The van der Waals surface area contributed by atoms with E-state index in [2.05, 4.69) is 94.9 Å². The molecule has 0 spiro atoms. The number of hydrogen-bond donors (Lipinski definition) is 2. The zero-order chi connectivity index (χ0) is 19.4. The molecule has 0 aliphatic rings. The van der Waals surface area contributed by atoms with E-state index in [1.54, 1.807) is 0 Å². The zero-order valence-electron chi connectivity index (χ0n) is 13.3. The minimum Gasteiger partial charge on any atom is -0.323 e. The Bertz CT molecular complexity index is 875. The van der Waals surface area contributed by atoms with Gasteiger partial charge in [-0.05, 0) is 86.1 Å². The average molecular weight is 698 g/mol. The number of carbonyl (C=O) groups is 1. The Morgan fingerprint density at radius 3 is 2.27 bits per heavy atom. The number of rotatable bonds is 6. The second-order valence-electron chi connectivity index (χ2n) is 5.07. The number of H-pyrrole nitrogens is 1. The van der Waals surface area contributed by atoms with Gasteiger partial charge in [0.05, 0.1) is 20.4 Å². The molecule has 5 nitrogen and oxygen atoms in total. The van der Waals surface area contributed by atoms with E-state index in [1.165, 1.54) is 17.8 Å². The smallest absolute Gasteiger partial charge is 0.251 e. The molecule has 1 amide bonds. The van der Waals surface area contributed by atoms with Crippen molar-refractivity contribution in [1.29, 1.82) is 0 Å². The van der Waals surface area contributed by atoms with Gasteiger partial charge in [-0.3, -0.25) is 9.59 Å². The molecule has 0 saturated carbocycles. The standard InChI is InChI=1S/C15H12Br5N3O2S/c1-2-3-6-4-7(24)23-15(21-6)26-5-8(25)22-14-12(19)10(17)9(16)11(18)13(14)20/h4H,2-3,5H2,1H3,(H,22,25)(H,21,23,24). The van der Waals surface area contributed by atoms with Gasteiger partial charge in [0.2, 0.25) is 5.91 Å². The summed E-state index contributed by atoms with van der Waals surface area (Å²) >= 11 is 18.5.